The summed E-state index contributed by atoms with van der Waals surface area (Å²) >= 11 is 0. The van der Waals surface area contributed by atoms with Crippen LogP contribution in [0.5, 0.6) is 0 Å². The van der Waals surface area contributed by atoms with E-state index in [1.165, 1.54) is 44.9 Å². The second-order valence-electron chi connectivity index (χ2n) is 11.4. The highest BCUT2D eigenvalue weighted by atomic mass is 16.6. The first-order valence-corrected chi connectivity index (χ1v) is 12.7. The lowest BCUT2D eigenvalue weighted by Crippen LogP contribution is -2.51. The van der Waals surface area contributed by atoms with Crippen molar-refractivity contribution in [3.8, 4) is 0 Å². The Balaban J connectivity index is 1.13. The van der Waals surface area contributed by atoms with Gasteiger partial charge < -0.3 is 19.2 Å². The second-order valence-corrected chi connectivity index (χ2v) is 11.4. The normalized spacial score (nSPS) is 46.4. The van der Waals surface area contributed by atoms with Gasteiger partial charge in [0.05, 0.1) is 24.4 Å². The van der Waals surface area contributed by atoms with Crippen molar-refractivity contribution in [1.82, 2.24) is 5.32 Å². The van der Waals surface area contributed by atoms with Gasteiger partial charge in [-0.1, -0.05) is 19.8 Å². The van der Waals surface area contributed by atoms with E-state index in [2.05, 4.69) is 18.3 Å². The molecule has 0 radical (unpaired) electrons. The molecule has 0 unspecified atom stereocenters. The van der Waals surface area contributed by atoms with Crippen LogP contribution in [0, 0.1) is 29.1 Å². The summed E-state index contributed by atoms with van der Waals surface area (Å²) in [4.78, 5) is 12.9. The molecule has 5 fully saturated rings. The van der Waals surface area contributed by atoms with Crippen molar-refractivity contribution in [2.45, 2.75) is 88.9 Å². The number of carbonyl (C=O) groups excluding carboxylic acids is 1. The summed E-state index contributed by atoms with van der Waals surface area (Å²) in [5, 5.41) is 3.83. The number of fused-ring (bicyclic) bond motifs is 3. The summed E-state index contributed by atoms with van der Waals surface area (Å²) in [5.41, 5.74) is 0.398. The van der Waals surface area contributed by atoms with E-state index < -0.39 is 0 Å². The average Bonchev–Trinajstić information content (AvgIpc) is 3.19. The van der Waals surface area contributed by atoms with Crippen molar-refractivity contribution >= 4 is 5.97 Å². The quantitative estimate of drug-likeness (QED) is 0.554. The molecule has 2 aliphatic heterocycles. The van der Waals surface area contributed by atoms with Crippen LogP contribution in [0.4, 0.5) is 0 Å². The minimum absolute atomic E-state index is 0.00142. The Labute approximate surface area is 185 Å². The molecule has 8 atom stereocenters. The molecule has 170 valence electrons. The predicted molar refractivity (Wildman–Crippen MR) is 116 cm³/mol. The molecular formula is C26H37NO4. The smallest absolute Gasteiger partial charge is 0.310 e. The molecule has 2 saturated heterocycles. The predicted octanol–water partition coefficient (Wildman–Crippen LogP) is 4.50. The Bertz CT molecular complexity index is 802. The van der Waals surface area contributed by atoms with Crippen molar-refractivity contribution < 1.29 is 18.7 Å². The fourth-order valence-corrected chi connectivity index (χ4v) is 7.88. The Morgan fingerprint density at radius 2 is 2.06 bits per heavy atom. The van der Waals surface area contributed by atoms with Crippen LogP contribution in [-0.2, 0) is 20.7 Å². The monoisotopic (exact) mass is 427 g/mol. The Morgan fingerprint density at radius 3 is 2.87 bits per heavy atom. The molecule has 3 aliphatic carbocycles. The van der Waals surface area contributed by atoms with Crippen molar-refractivity contribution in [2.75, 3.05) is 13.2 Å². The zero-order valence-corrected chi connectivity index (χ0v) is 18.8. The molecule has 0 amide bonds. The summed E-state index contributed by atoms with van der Waals surface area (Å²) in [6, 6.07) is 4.53. The average molecular weight is 428 g/mol. The summed E-state index contributed by atoms with van der Waals surface area (Å²) in [7, 11) is 0. The van der Waals surface area contributed by atoms with Gasteiger partial charge in [-0.2, -0.15) is 0 Å². The molecule has 31 heavy (non-hydrogen) atoms. The maximum absolute atomic E-state index is 12.9. The van der Waals surface area contributed by atoms with E-state index in [1.807, 2.05) is 6.07 Å². The van der Waals surface area contributed by atoms with E-state index in [0.29, 0.717) is 23.8 Å². The lowest BCUT2D eigenvalue weighted by atomic mass is 9.53. The van der Waals surface area contributed by atoms with Crippen molar-refractivity contribution in [3.05, 3.63) is 24.2 Å². The summed E-state index contributed by atoms with van der Waals surface area (Å²) in [6.45, 7) is 4.12. The van der Waals surface area contributed by atoms with Crippen molar-refractivity contribution in [3.63, 3.8) is 0 Å². The number of hydrogen-bond acceptors (Lipinski definition) is 5. The number of esters is 1. The van der Waals surface area contributed by atoms with Crippen LogP contribution < -0.4 is 5.32 Å². The minimum Gasteiger partial charge on any atom is -0.469 e. The SMILES string of the molecule is C[C@]12CCC[C@]3(CO3)[C@@H]1C[C@@H]1[C@H](CN[C@@H]3CCCC[C@H]3Cc3ccco3)C(=O)O[C@@H]1C2. The van der Waals surface area contributed by atoms with Gasteiger partial charge in [0, 0.05) is 24.9 Å². The molecular weight excluding hydrogens is 390 g/mol. The number of nitrogens with one attached hydrogen (secondary N) is 1. The third-order valence-electron chi connectivity index (χ3n) is 9.63. The fourth-order valence-electron chi connectivity index (χ4n) is 7.88. The zero-order valence-electron chi connectivity index (χ0n) is 18.8. The number of epoxide rings is 1. The minimum atomic E-state index is -0.00142. The number of rotatable bonds is 5. The van der Waals surface area contributed by atoms with Gasteiger partial charge in [0.1, 0.15) is 11.9 Å². The molecule has 1 N–H and O–H groups in total. The largest absolute Gasteiger partial charge is 0.469 e. The van der Waals surface area contributed by atoms with Gasteiger partial charge in [-0.15, -0.1) is 0 Å². The van der Waals surface area contributed by atoms with Gasteiger partial charge in [-0.05, 0) is 74.3 Å². The van der Waals surface area contributed by atoms with Crippen molar-refractivity contribution in [1.29, 1.82) is 0 Å². The summed E-state index contributed by atoms with van der Waals surface area (Å²) in [5.74, 6) is 2.65. The molecule has 1 aromatic heterocycles. The highest BCUT2D eigenvalue weighted by molar-refractivity contribution is 5.75. The summed E-state index contributed by atoms with van der Waals surface area (Å²) < 4.78 is 17.7. The van der Waals surface area contributed by atoms with Crippen LogP contribution in [0.1, 0.15) is 70.5 Å². The van der Waals surface area contributed by atoms with E-state index in [9.17, 15) is 4.79 Å². The lowest BCUT2D eigenvalue weighted by molar-refractivity contribution is -0.147. The highest BCUT2D eigenvalue weighted by Crippen LogP contribution is 2.62. The molecule has 1 spiro atoms. The van der Waals surface area contributed by atoms with Crippen molar-refractivity contribution in [2.24, 2.45) is 29.1 Å². The van der Waals surface area contributed by atoms with Gasteiger partial charge >= 0.3 is 5.97 Å². The first-order chi connectivity index (χ1) is 15.1. The highest BCUT2D eigenvalue weighted by Gasteiger charge is 2.65. The molecule has 3 saturated carbocycles. The molecule has 5 heteroatoms. The van der Waals surface area contributed by atoms with Gasteiger partial charge in [0.15, 0.2) is 0 Å². The van der Waals surface area contributed by atoms with E-state index in [0.717, 1.165) is 38.2 Å². The van der Waals surface area contributed by atoms with Gasteiger partial charge in [-0.3, -0.25) is 4.79 Å². The maximum atomic E-state index is 12.9. The lowest BCUT2D eigenvalue weighted by Gasteiger charge is -2.51. The first-order valence-electron chi connectivity index (χ1n) is 12.7. The molecule has 6 rings (SSSR count). The van der Waals surface area contributed by atoms with Gasteiger partial charge in [0.25, 0.3) is 0 Å². The topological polar surface area (TPSA) is 64.0 Å². The van der Waals surface area contributed by atoms with Crippen LogP contribution in [0.3, 0.4) is 0 Å². The van der Waals surface area contributed by atoms with E-state index in [1.54, 1.807) is 6.26 Å². The van der Waals surface area contributed by atoms with Gasteiger partial charge in [0.2, 0.25) is 0 Å². The molecule has 5 nitrogen and oxygen atoms in total. The summed E-state index contributed by atoms with van der Waals surface area (Å²) in [6.07, 6.45) is 13.7. The van der Waals surface area contributed by atoms with E-state index >= 15 is 0 Å². The molecule has 5 aliphatic rings. The molecule has 0 aromatic carbocycles. The fraction of sp³-hybridized carbons (Fsp3) is 0.808. The zero-order chi connectivity index (χ0) is 21.1. The van der Waals surface area contributed by atoms with Crippen LogP contribution in [0.2, 0.25) is 0 Å². The van der Waals surface area contributed by atoms with Crippen LogP contribution in [0.25, 0.3) is 0 Å². The van der Waals surface area contributed by atoms with Gasteiger partial charge in [-0.25, -0.2) is 0 Å². The number of furan rings is 1. The van der Waals surface area contributed by atoms with E-state index in [4.69, 9.17) is 13.9 Å². The molecule has 0 bridgehead atoms. The van der Waals surface area contributed by atoms with Crippen LogP contribution >= 0.6 is 0 Å². The number of hydrogen-bond donors (Lipinski definition) is 1. The molecule has 1 aromatic rings. The number of carbonyl (C=O) groups is 1. The maximum Gasteiger partial charge on any atom is 0.310 e. The standard InChI is InChI=1S/C26H37NO4/c1-25-9-5-10-26(16-30-26)23(25)13-19-20(24(28)31-22(19)14-25)15-27-21-8-3-2-6-17(21)12-18-7-4-11-29-18/h4,7,11,17,19-23,27H,2-3,5-6,8-10,12-16H2,1H3/t17-,19+,20-,21+,22+,23+,25+,26-/m0/s1. The van der Waals surface area contributed by atoms with Crippen LogP contribution in [-0.4, -0.2) is 36.9 Å². The number of ether oxygens (including phenoxy) is 2. The second kappa shape index (κ2) is 7.62. The first kappa shape index (κ1) is 20.3. The van der Waals surface area contributed by atoms with Crippen LogP contribution in [0.15, 0.2) is 22.8 Å². The third kappa shape index (κ3) is 3.56. The Morgan fingerprint density at radius 1 is 1.19 bits per heavy atom. The Kier molecular flexibility index (Phi) is 4.99. The Hall–Kier alpha value is -1.33. The van der Waals surface area contributed by atoms with E-state index in [-0.39, 0.29) is 29.0 Å². The third-order valence-corrected chi connectivity index (χ3v) is 9.63. The molecule has 3 heterocycles.